The molecular formula is C11H9BrF3NO3. The van der Waals surface area contributed by atoms with Crippen molar-refractivity contribution in [2.24, 2.45) is 0 Å². The third-order valence-electron chi connectivity index (χ3n) is 2.45. The van der Waals surface area contributed by atoms with Crippen LogP contribution in [0.25, 0.3) is 0 Å². The molecule has 0 aliphatic carbocycles. The number of alkyl halides is 3. The number of carboxylic acid groups (broad SMARTS) is 1. The van der Waals surface area contributed by atoms with Gasteiger partial charge in [-0.2, -0.15) is 13.2 Å². The zero-order valence-electron chi connectivity index (χ0n) is 9.58. The van der Waals surface area contributed by atoms with E-state index >= 15 is 0 Å². The lowest BCUT2D eigenvalue weighted by Crippen LogP contribution is -2.53. The number of amides is 1. The predicted octanol–water partition coefficient (Wildman–Crippen LogP) is 2.43. The van der Waals surface area contributed by atoms with Gasteiger partial charge in [0.15, 0.2) is 5.54 Å². The highest BCUT2D eigenvalue weighted by atomic mass is 79.9. The molecule has 1 atom stereocenters. The molecule has 4 nitrogen and oxygen atoms in total. The molecule has 0 saturated carbocycles. The van der Waals surface area contributed by atoms with Crippen molar-refractivity contribution in [2.45, 2.75) is 18.6 Å². The predicted molar refractivity (Wildman–Crippen MR) is 63.3 cm³/mol. The van der Waals surface area contributed by atoms with Gasteiger partial charge < -0.3 is 10.4 Å². The Labute approximate surface area is 114 Å². The molecular weight excluding hydrogens is 331 g/mol. The minimum atomic E-state index is -5.15. The van der Waals surface area contributed by atoms with Gasteiger partial charge >= 0.3 is 18.1 Å². The molecule has 0 aromatic heterocycles. The van der Waals surface area contributed by atoms with Crippen LogP contribution < -0.4 is 5.32 Å². The van der Waals surface area contributed by atoms with E-state index in [4.69, 9.17) is 5.11 Å². The van der Waals surface area contributed by atoms with Gasteiger partial charge in [0.05, 0.1) is 0 Å². The smallest absolute Gasteiger partial charge is 0.471 e. The summed E-state index contributed by atoms with van der Waals surface area (Å²) in [5.41, 5.74) is -2.15. The number of carbonyl (C=O) groups excluding carboxylic acids is 1. The van der Waals surface area contributed by atoms with Crippen molar-refractivity contribution in [3.05, 3.63) is 34.3 Å². The lowest BCUT2D eigenvalue weighted by Gasteiger charge is -2.27. The monoisotopic (exact) mass is 339 g/mol. The minimum absolute atomic E-state index is 0.0203. The Morgan fingerprint density at radius 1 is 1.32 bits per heavy atom. The SMILES string of the molecule is CC(NC(=O)C(F)(F)F)(C(=O)O)c1cccc(Br)c1. The minimum Gasteiger partial charge on any atom is -0.479 e. The van der Waals surface area contributed by atoms with Crippen LogP contribution in [0.5, 0.6) is 0 Å². The molecule has 0 spiro atoms. The molecule has 1 rings (SSSR count). The van der Waals surface area contributed by atoms with E-state index in [1.54, 1.807) is 6.07 Å². The Morgan fingerprint density at radius 3 is 2.32 bits per heavy atom. The lowest BCUT2D eigenvalue weighted by molar-refractivity contribution is -0.177. The van der Waals surface area contributed by atoms with Crippen molar-refractivity contribution in [3.8, 4) is 0 Å². The second kappa shape index (κ2) is 5.20. The Balaban J connectivity index is 3.19. The third-order valence-corrected chi connectivity index (χ3v) is 2.94. The Bertz CT molecular complexity index is 518. The van der Waals surface area contributed by atoms with Crippen molar-refractivity contribution in [1.82, 2.24) is 5.32 Å². The summed E-state index contributed by atoms with van der Waals surface area (Å²) in [6.45, 7) is 0.987. The summed E-state index contributed by atoms with van der Waals surface area (Å²) in [7, 11) is 0. The molecule has 2 N–H and O–H groups in total. The maximum atomic E-state index is 12.2. The van der Waals surface area contributed by atoms with Crippen LogP contribution in [-0.2, 0) is 15.1 Å². The molecule has 1 amide bonds. The van der Waals surface area contributed by atoms with Crippen LogP contribution in [0.2, 0.25) is 0 Å². The highest BCUT2D eigenvalue weighted by Crippen LogP contribution is 2.26. The van der Waals surface area contributed by atoms with E-state index in [1.165, 1.54) is 23.5 Å². The van der Waals surface area contributed by atoms with E-state index < -0.39 is 23.6 Å². The van der Waals surface area contributed by atoms with Crippen molar-refractivity contribution < 1.29 is 27.9 Å². The van der Waals surface area contributed by atoms with Gasteiger partial charge in [0.25, 0.3) is 0 Å². The number of nitrogens with one attached hydrogen (secondary N) is 1. The van der Waals surface area contributed by atoms with Crippen LogP contribution in [0.4, 0.5) is 13.2 Å². The fourth-order valence-corrected chi connectivity index (χ4v) is 1.75. The summed E-state index contributed by atoms with van der Waals surface area (Å²) in [4.78, 5) is 22.1. The van der Waals surface area contributed by atoms with Crippen molar-refractivity contribution in [2.75, 3.05) is 0 Å². The Kier molecular flexibility index (Phi) is 4.24. The molecule has 0 heterocycles. The van der Waals surface area contributed by atoms with E-state index in [2.05, 4.69) is 15.9 Å². The van der Waals surface area contributed by atoms with Gasteiger partial charge in [-0.05, 0) is 24.6 Å². The second-order valence-electron chi connectivity index (χ2n) is 3.89. The van der Waals surface area contributed by atoms with Gasteiger partial charge in [0, 0.05) is 4.47 Å². The van der Waals surface area contributed by atoms with Crippen molar-refractivity contribution >= 4 is 27.8 Å². The largest absolute Gasteiger partial charge is 0.479 e. The first-order valence-electron chi connectivity index (χ1n) is 4.96. The van der Waals surface area contributed by atoms with Gasteiger partial charge in [0.1, 0.15) is 0 Å². The third kappa shape index (κ3) is 3.46. The summed E-state index contributed by atoms with van der Waals surface area (Å²) in [5, 5.41) is 10.6. The van der Waals surface area contributed by atoms with Gasteiger partial charge in [-0.15, -0.1) is 0 Å². The molecule has 0 aliphatic heterocycles. The van der Waals surface area contributed by atoms with Gasteiger partial charge in [-0.3, -0.25) is 4.79 Å². The molecule has 0 radical (unpaired) electrons. The molecule has 1 aromatic carbocycles. The Morgan fingerprint density at radius 2 is 1.89 bits per heavy atom. The topological polar surface area (TPSA) is 66.4 Å². The quantitative estimate of drug-likeness (QED) is 0.888. The van der Waals surface area contributed by atoms with Gasteiger partial charge in [-0.25, -0.2) is 4.79 Å². The van der Waals surface area contributed by atoms with E-state index in [0.29, 0.717) is 4.47 Å². The van der Waals surface area contributed by atoms with Crippen LogP contribution in [0.15, 0.2) is 28.7 Å². The Hall–Kier alpha value is -1.57. The number of rotatable bonds is 3. The summed E-state index contributed by atoms with van der Waals surface area (Å²) >= 11 is 3.08. The maximum Gasteiger partial charge on any atom is 0.471 e. The lowest BCUT2D eigenvalue weighted by atomic mass is 9.92. The average molecular weight is 340 g/mol. The summed E-state index contributed by atoms with van der Waals surface area (Å²) in [6, 6.07) is 5.68. The normalized spacial score (nSPS) is 14.6. The summed E-state index contributed by atoms with van der Waals surface area (Å²) < 4.78 is 37.2. The molecule has 104 valence electrons. The molecule has 8 heteroatoms. The first kappa shape index (κ1) is 15.5. The van der Waals surface area contributed by atoms with Gasteiger partial charge in [0.2, 0.25) is 0 Å². The van der Waals surface area contributed by atoms with Crippen LogP contribution in [0.3, 0.4) is 0 Å². The first-order chi connectivity index (χ1) is 8.57. The number of carbonyl (C=O) groups is 2. The molecule has 0 saturated heterocycles. The number of aliphatic carboxylic acids is 1. The van der Waals surface area contributed by atoms with Crippen LogP contribution in [0.1, 0.15) is 12.5 Å². The molecule has 19 heavy (non-hydrogen) atoms. The summed E-state index contributed by atoms with van der Waals surface area (Å²) in [5.74, 6) is -3.90. The van der Waals surface area contributed by atoms with Crippen LogP contribution in [-0.4, -0.2) is 23.2 Å². The highest BCUT2D eigenvalue weighted by molar-refractivity contribution is 9.10. The van der Waals surface area contributed by atoms with E-state index in [1.807, 2.05) is 0 Å². The molecule has 1 unspecified atom stereocenters. The maximum absolute atomic E-state index is 12.2. The second-order valence-corrected chi connectivity index (χ2v) is 4.81. The number of hydrogen-bond acceptors (Lipinski definition) is 2. The molecule has 0 aliphatic rings. The van der Waals surface area contributed by atoms with E-state index in [9.17, 15) is 22.8 Å². The fraction of sp³-hybridized carbons (Fsp3) is 0.273. The summed E-state index contributed by atoms with van der Waals surface area (Å²) in [6.07, 6.45) is -5.15. The van der Waals surface area contributed by atoms with Crippen molar-refractivity contribution in [1.29, 1.82) is 0 Å². The molecule has 0 fully saturated rings. The first-order valence-corrected chi connectivity index (χ1v) is 5.75. The zero-order chi connectivity index (χ0) is 14.8. The number of halogens is 4. The molecule has 0 bridgehead atoms. The van der Waals surface area contributed by atoms with Crippen LogP contribution in [0, 0.1) is 0 Å². The van der Waals surface area contributed by atoms with E-state index in [0.717, 1.165) is 6.92 Å². The number of hydrogen-bond donors (Lipinski definition) is 2. The number of carboxylic acids is 1. The fourth-order valence-electron chi connectivity index (χ4n) is 1.35. The van der Waals surface area contributed by atoms with Gasteiger partial charge in [-0.1, -0.05) is 28.1 Å². The standard InChI is InChI=1S/C11H9BrF3NO3/c1-10(9(18)19,16-8(17)11(13,14)15)6-3-2-4-7(12)5-6/h2-5H,1H3,(H,16,17)(H,18,19). The highest BCUT2D eigenvalue weighted by Gasteiger charge is 2.46. The van der Waals surface area contributed by atoms with Crippen molar-refractivity contribution in [3.63, 3.8) is 0 Å². The average Bonchev–Trinajstić information content (AvgIpc) is 2.27. The number of benzene rings is 1. The molecule has 1 aromatic rings. The van der Waals surface area contributed by atoms with Crippen LogP contribution >= 0.6 is 15.9 Å². The zero-order valence-corrected chi connectivity index (χ0v) is 11.2. The van der Waals surface area contributed by atoms with E-state index in [-0.39, 0.29) is 5.56 Å².